The van der Waals surface area contributed by atoms with Crippen LogP contribution in [0.5, 0.6) is 0 Å². The molecule has 12 heavy (non-hydrogen) atoms. The zero-order valence-electron chi connectivity index (χ0n) is 7.76. The van der Waals surface area contributed by atoms with Gasteiger partial charge in [0, 0.05) is 5.54 Å². The van der Waals surface area contributed by atoms with Crippen LogP contribution in [0.1, 0.15) is 44.9 Å². The van der Waals surface area contributed by atoms with Gasteiger partial charge in [-0.25, -0.2) is 0 Å². The maximum absolute atomic E-state index is 6.42. The van der Waals surface area contributed by atoms with Crippen molar-refractivity contribution in [1.29, 1.82) is 0 Å². The summed E-state index contributed by atoms with van der Waals surface area (Å²) in [6, 6.07) is 0. The zero-order chi connectivity index (χ0) is 8.18. The molecular weight excluding hydrogens is 146 g/mol. The molecule has 68 valence electrons. The van der Waals surface area contributed by atoms with Gasteiger partial charge in [-0.05, 0) is 49.9 Å². The summed E-state index contributed by atoms with van der Waals surface area (Å²) in [6.45, 7) is 0. The van der Waals surface area contributed by atoms with E-state index in [2.05, 4.69) is 0 Å². The summed E-state index contributed by atoms with van der Waals surface area (Å²) in [5, 5.41) is 0. The third kappa shape index (κ3) is 0.953. The minimum Gasteiger partial charge on any atom is -0.325 e. The molecule has 3 bridgehead atoms. The highest BCUT2D eigenvalue weighted by molar-refractivity contribution is 5.02. The van der Waals surface area contributed by atoms with Crippen LogP contribution in [0.25, 0.3) is 0 Å². The molecule has 0 saturated heterocycles. The smallest absolute Gasteiger partial charge is 0.0159 e. The number of nitrogens with two attached hydrogens (primary N) is 1. The SMILES string of the molecule is NC12CCCC3CC(CC3C1)C2. The van der Waals surface area contributed by atoms with Crippen molar-refractivity contribution >= 4 is 0 Å². The molecule has 0 radical (unpaired) electrons. The van der Waals surface area contributed by atoms with Gasteiger partial charge in [0.2, 0.25) is 0 Å². The first-order valence-corrected chi connectivity index (χ1v) is 5.54. The lowest BCUT2D eigenvalue weighted by atomic mass is 9.74. The number of hydrogen-bond donors (Lipinski definition) is 1. The highest BCUT2D eigenvalue weighted by Crippen LogP contribution is 2.53. The van der Waals surface area contributed by atoms with E-state index in [1.807, 2.05) is 0 Å². The van der Waals surface area contributed by atoms with Crippen molar-refractivity contribution in [3.05, 3.63) is 0 Å². The summed E-state index contributed by atoms with van der Waals surface area (Å²) in [5.74, 6) is 3.11. The van der Waals surface area contributed by atoms with Crippen LogP contribution in [0.3, 0.4) is 0 Å². The number of hydrogen-bond acceptors (Lipinski definition) is 1. The normalized spacial score (nSPS) is 57.2. The molecule has 3 aliphatic rings. The molecule has 4 unspecified atom stereocenters. The second-order valence-electron chi connectivity index (χ2n) is 5.52. The monoisotopic (exact) mass is 165 g/mol. The Kier molecular flexibility index (Phi) is 1.39. The van der Waals surface area contributed by atoms with E-state index in [-0.39, 0.29) is 5.54 Å². The van der Waals surface area contributed by atoms with Crippen molar-refractivity contribution in [2.45, 2.75) is 50.5 Å². The van der Waals surface area contributed by atoms with E-state index in [9.17, 15) is 0 Å². The first-order valence-electron chi connectivity index (χ1n) is 5.54. The fourth-order valence-electron chi connectivity index (χ4n) is 4.21. The van der Waals surface area contributed by atoms with E-state index in [0.717, 1.165) is 17.8 Å². The van der Waals surface area contributed by atoms with Crippen LogP contribution in [0.2, 0.25) is 0 Å². The van der Waals surface area contributed by atoms with E-state index in [1.54, 1.807) is 0 Å². The van der Waals surface area contributed by atoms with Gasteiger partial charge in [-0.15, -0.1) is 0 Å². The molecule has 2 N–H and O–H groups in total. The number of fused-ring (bicyclic) bond motifs is 2. The first kappa shape index (κ1) is 7.37. The standard InChI is InChI=1S/C11H19N/c12-11-3-1-2-9-4-8(6-11)5-10(9)7-11/h8-10H,1-7,12H2. The third-order valence-corrected chi connectivity index (χ3v) is 4.55. The van der Waals surface area contributed by atoms with E-state index in [4.69, 9.17) is 5.73 Å². The predicted molar refractivity (Wildman–Crippen MR) is 49.7 cm³/mol. The maximum atomic E-state index is 6.42. The van der Waals surface area contributed by atoms with Crippen LogP contribution >= 0.6 is 0 Å². The molecule has 0 spiro atoms. The second kappa shape index (κ2) is 2.25. The van der Waals surface area contributed by atoms with Gasteiger partial charge < -0.3 is 5.73 Å². The van der Waals surface area contributed by atoms with Crippen LogP contribution in [-0.2, 0) is 0 Å². The topological polar surface area (TPSA) is 26.0 Å². The molecule has 0 heterocycles. The van der Waals surface area contributed by atoms with Crippen molar-refractivity contribution < 1.29 is 0 Å². The lowest BCUT2D eigenvalue weighted by Crippen LogP contribution is -2.44. The molecule has 3 aliphatic carbocycles. The molecule has 0 aromatic rings. The van der Waals surface area contributed by atoms with Crippen LogP contribution < -0.4 is 5.73 Å². The molecule has 3 rings (SSSR count). The Labute approximate surface area is 74.7 Å². The molecule has 0 amide bonds. The Morgan fingerprint density at radius 2 is 1.92 bits per heavy atom. The largest absolute Gasteiger partial charge is 0.325 e. The Morgan fingerprint density at radius 1 is 1.08 bits per heavy atom. The van der Waals surface area contributed by atoms with Gasteiger partial charge in [0.15, 0.2) is 0 Å². The lowest BCUT2D eigenvalue weighted by molar-refractivity contribution is 0.211. The average molecular weight is 165 g/mol. The lowest BCUT2D eigenvalue weighted by Gasteiger charge is -2.36. The average Bonchev–Trinajstić information content (AvgIpc) is 2.20. The third-order valence-electron chi connectivity index (χ3n) is 4.55. The van der Waals surface area contributed by atoms with Gasteiger partial charge in [-0.1, -0.05) is 12.8 Å². The summed E-state index contributed by atoms with van der Waals surface area (Å²) < 4.78 is 0. The van der Waals surface area contributed by atoms with Gasteiger partial charge in [-0.3, -0.25) is 0 Å². The zero-order valence-corrected chi connectivity index (χ0v) is 7.76. The summed E-state index contributed by atoms with van der Waals surface area (Å²) in [7, 11) is 0. The summed E-state index contributed by atoms with van der Waals surface area (Å²) in [4.78, 5) is 0. The molecule has 0 aromatic carbocycles. The molecule has 0 aliphatic heterocycles. The maximum Gasteiger partial charge on any atom is 0.0159 e. The van der Waals surface area contributed by atoms with E-state index >= 15 is 0 Å². The van der Waals surface area contributed by atoms with Crippen molar-refractivity contribution in [2.24, 2.45) is 23.5 Å². The molecular formula is C11H19N. The van der Waals surface area contributed by atoms with Gasteiger partial charge in [0.25, 0.3) is 0 Å². The van der Waals surface area contributed by atoms with Crippen LogP contribution in [0, 0.1) is 17.8 Å². The molecule has 0 aromatic heterocycles. The predicted octanol–water partition coefficient (Wildman–Crippen LogP) is 2.30. The quantitative estimate of drug-likeness (QED) is 0.585. The van der Waals surface area contributed by atoms with Gasteiger partial charge >= 0.3 is 0 Å². The van der Waals surface area contributed by atoms with E-state index < -0.39 is 0 Å². The van der Waals surface area contributed by atoms with Gasteiger partial charge in [0.05, 0.1) is 0 Å². The van der Waals surface area contributed by atoms with Crippen LogP contribution in [0.4, 0.5) is 0 Å². The van der Waals surface area contributed by atoms with Gasteiger partial charge in [0.1, 0.15) is 0 Å². The van der Waals surface area contributed by atoms with E-state index in [1.165, 1.54) is 44.9 Å². The highest BCUT2D eigenvalue weighted by Gasteiger charge is 2.47. The fraction of sp³-hybridized carbons (Fsp3) is 1.00. The van der Waals surface area contributed by atoms with Crippen molar-refractivity contribution in [3.63, 3.8) is 0 Å². The molecule has 1 nitrogen and oxygen atoms in total. The fourth-order valence-corrected chi connectivity index (χ4v) is 4.21. The van der Waals surface area contributed by atoms with Crippen LogP contribution in [0.15, 0.2) is 0 Å². The minimum atomic E-state index is 0.277. The molecule has 3 fully saturated rings. The van der Waals surface area contributed by atoms with Gasteiger partial charge in [-0.2, -0.15) is 0 Å². The summed E-state index contributed by atoms with van der Waals surface area (Å²) in [5.41, 5.74) is 6.69. The molecule has 3 saturated carbocycles. The Hall–Kier alpha value is -0.0400. The van der Waals surface area contributed by atoms with E-state index in [0.29, 0.717) is 0 Å². The summed E-state index contributed by atoms with van der Waals surface area (Å²) >= 11 is 0. The first-order chi connectivity index (χ1) is 5.75. The van der Waals surface area contributed by atoms with Crippen molar-refractivity contribution in [2.75, 3.05) is 0 Å². The minimum absolute atomic E-state index is 0.277. The van der Waals surface area contributed by atoms with Crippen molar-refractivity contribution in [3.8, 4) is 0 Å². The second-order valence-corrected chi connectivity index (χ2v) is 5.52. The highest BCUT2D eigenvalue weighted by atomic mass is 14.8. The Bertz CT molecular complexity index is 201. The van der Waals surface area contributed by atoms with Crippen molar-refractivity contribution in [1.82, 2.24) is 0 Å². The van der Waals surface area contributed by atoms with Crippen LogP contribution in [-0.4, -0.2) is 5.54 Å². The molecule has 4 atom stereocenters. The summed E-state index contributed by atoms with van der Waals surface area (Å²) in [6.07, 6.45) is 9.95. The number of rotatable bonds is 0. The molecule has 1 heteroatoms. The Balaban J connectivity index is 1.94. The Morgan fingerprint density at radius 3 is 2.83 bits per heavy atom.